The molecule has 4 nitrogen and oxygen atoms in total. The minimum absolute atomic E-state index is 0.207. The lowest BCUT2D eigenvalue weighted by atomic mass is 10.2. The van der Waals surface area contributed by atoms with Crippen molar-refractivity contribution in [3.05, 3.63) is 41.3 Å². The Morgan fingerprint density at radius 2 is 2.06 bits per heavy atom. The number of anilines is 2. The summed E-state index contributed by atoms with van der Waals surface area (Å²) in [4.78, 5) is 1.90. The molecular weight excluding hydrogens is 231 g/mol. The van der Waals surface area contributed by atoms with Crippen molar-refractivity contribution in [2.75, 3.05) is 17.7 Å². The van der Waals surface area contributed by atoms with Crippen molar-refractivity contribution in [3.8, 4) is 0 Å². The highest BCUT2D eigenvalue weighted by atomic mass is 19.1. The molecule has 0 radical (unpaired) electrons. The Morgan fingerprint density at radius 3 is 2.61 bits per heavy atom. The van der Waals surface area contributed by atoms with E-state index in [0.29, 0.717) is 17.8 Å². The van der Waals surface area contributed by atoms with Gasteiger partial charge in [-0.05, 0) is 13.0 Å². The van der Waals surface area contributed by atoms with Crippen LogP contribution in [0.15, 0.2) is 24.3 Å². The number of hydrogen-bond donors (Lipinski definition) is 1. The SMILES string of the molecule is Cc1nn(C)c(N(C)Cc2ccccc2F)c1N. The van der Waals surface area contributed by atoms with Gasteiger partial charge in [0, 0.05) is 26.2 Å². The minimum atomic E-state index is -0.207. The zero-order valence-corrected chi connectivity index (χ0v) is 10.8. The fourth-order valence-corrected chi connectivity index (χ4v) is 2.07. The molecule has 0 bridgehead atoms. The normalized spacial score (nSPS) is 10.7. The second kappa shape index (κ2) is 4.68. The van der Waals surface area contributed by atoms with E-state index in [4.69, 9.17) is 5.73 Å². The van der Waals surface area contributed by atoms with Crippen LogP contribution in [0.2, 0.25) is 0 Å². The molecule has 0 aliphatic rings. The number of benzene rings is 1. The molecule has 1 aromatic heterocycles. The number of hydrogen-bond acceptors (Lipinski definition) is 3. The fourth-order valence-electron chi connectivity index (χ4n) is 2.07. The summed E-state index contributed by atoms with van der Waals surface area (Å²) < 4.78 is 15.3. The highest BCUT2D eigenvalue weighted by Gasteiger charge is 2.15. The molecule has 0 fully saturated rings. The number of halogens is 1. The highest BCUT2D eigenvalue weighted by Crippen LogP contribution is 2.26. The Labute approximate surface area is 106 Å². The van der Waals surface area contributed by atoms with Gasteiger partial charge >= 0.3 is 0 Å². The Morgan fingerprint density at radius 1 is 1.39 bits per heavy atom. The first-order valence-corrected chi connectivity index (χ1v) is 5.74. The van der Waals surface area contributed by atoms with Crippen LogP contribution in [0.3, 0.4) is 0 Å². The first kappa shape index (κ1) is 12.4. The van der Waals surface area contributed by atoms with Crippen LogP contribution >= 0.6 is 0 Å². The van der Waals surface area contributed by atoms with E-state index in [1.165, 1.54) is 6.07 Å². The molecule has 0 aliphatic heterocycles. The van der Waals surface area contributed by atoms with E-state index in [1.54, 1.807) is 16.8 Å². The van der Waals surface area contributed by atoms with Crippen LogP contribution in [0.1, 0.15) is 11.3 Å². The molecule has 0 unspecified atom stereocenters. The predicted molar refractivity (Wildman–Crippen MR) is 70.9 cm³/mol. The number of rotatable bonds is 3. The fraction of sp³-hybridized carbons (Fsp3) is 0.308. The van der Waals surface area contributed by atoms with Gasteiger partial charge in [0.2, 0.25) is 0 Å². The average Bonchev–Trinajstić information content (AvgIpc) is 2.56. The summed E-state index contributed by atoms with van der Waals surface area (Å²) in [7, 11) is 3.70. The predicted octanol–water partition coefficient (Wildman–Crippen LogP) is 2.09. The van der Waals surface area contributed by atoms with Crippen molar-refractivity contribution in [2.45, 2.75) is 13.5 Å². The van der Waals surface area contributed by atoms with Crippen molar-refractivity contribution in [1.82, 2.24) is 9.78 Å². The average molecular weight is 248 g/mol. The van der Waals surface area contributed by atoms with E-state index in [1.807, 2.05) is 32.0 Å². The molecule has 2 N–H and O–H groups in total. The molecule has 5 heteroatoms. The summed E-state index contributed by atoms with van der Waals surface area (Å²) in [5, 5.41) is 4.25. The summed E-state index contributed by atoms with van der Waals surface area (Å²) in [6, 6.07) is 6.73. The molecule has 0 saturated heterocycles. The monoisotopic (exact) mass is 248 g/mol. The van der Waals surface area contributed by atoms with E-state index in [2.05, 4.69) is 5.10 Å². The van der Waals surface area contributed by atoms with Gasteiger partial charge in [-0.1, -0.05) is 18.2 Å². The highest BCUT2D eigenvalue weighted by molar-refractivity contribution is 5.65. The van der Waals surface area contributed by atoms with Crippen molar-refractivity contribution >= 4 is 11.5 Å². The van der Waals surface area contributed by atoms with Crippen LogP contribution in [-0.2, 0) is 13.6 Å². The lowest BCUT2D eigenvalue weighted by Gasteiger charge is -2.20. The Kier molecular flexibility index (Phi) is 3.23. The first-order chi connectivity index (χ1) is 8.50. The Bertz CT molecular complexity index is 562. The van der Waals surface area contributed by atoms with Gasteiger partial charge in [-0.15, -0.1) is 0 Å². The largest absolute Gasteiger partial charge is 0.394 e. The van der Waals surface area contributed by atoms with Crippen LogP contribution in [0, 0.1) is 12.7 Å². The second-order valence-corrected chi connectivity index (χ2v) is 4.39. The summed E-state index contributed by atoms with van der Waals surface area (Å²) >= 11 is 0. The summed E-state index contributed by atoms with van der Waals surface area (Å²) in [6.45, 7) is 2.31. The molecule has 0 amide bonds. The van der Waals surface area contributed by atoms with Crippen molar-refractivity contribution in [2.24, 2.45) is 7.05 Å². The molecule has 0 spiro atoms. The van der Waals surface area contributed by atoms with Crippen molar-refractivity contribution in [1.29, 1.82) is 0 Å². The van der Waals surface area contributed by atoms with Gasteiger partial charge in [0.15, 0.2) is 0 Å². The summed E-state index contributed by atoms with van der Waals surface area (Å²) in [6.07, 6.45) is 0. The maximum Gasteiger partial charge on any atom is 0.150 e. The topological polar surface area (TPSA) is 47.1 Å². The van der Waals surface area contributed by atoms with Gasteiger partial charge in [-0.25, -0.2) is 4.39 Å². The number of aryl methyl sites for hydroxylation is 2. The third-order valence-electron chi connectivity index (χ3n) is 2.96. The van der Waals surface area contributed by atoms with Crippen molar-refractivity contribution < 1.29 is 4.39 Å². The Balaban J connectivity index is 2.28. The van der Waals surface area contributed by atoms with Gasteiger partial charge in [-0.2, -0.15) is 5.10 Å². The van der Waals surface area contributed by atoms with E-state index < -0.39 is 0 Å². The van der Waals surface area contributed by atoms with Crippen LogP contribution < -0.4 is 10.6 Å². The third-order valence-corrected chi connectivity index (χ3v) is 2.96. The first-order valence-electron chi connectivity index (χ1n) is 5.74. The van der Waals surface area contributed by atoms with Gasteiger partial charge in [0.25, 0.3) is 0 Å². The lowest BCUT2D eigenvalue weighted by Crippen LogP contribution is -2.21. The maximum absolute atomic E-state index is 13.6. The molecule has 2 aromatic rings. The van der Waals surface area contributed by atoms with E-state index >= 15 is 0 Å². The van der Waals surface area contributed by atoms with Crippen molar-refractivity contribution in [3.63, 3.8) is 0 Å². The molecular formula is C13H17FN4. The van der Waals surface area contributed by atoms with Crippen LogP contribution in [0.4, 0.5) is 15.9 Å². The number of nitrogen functional groups attached to an aromatic ring is 1. The molecule has 0 saturated carbocycles. The summed E-state index contributed by atoms with van der Waals surface area (Å²) in [5.41, 5.74) is 8.04. The van der Waals surface area contributed by atoms with Gasteiger partial charge < -0.3 is 10.6 Å². The van der Waals surface area contributed by atoms with E-state index in [-0.39, 0.29) is 5.82 Å². The van der Waals surface area contributed by atoms with E-state index in [0.717, 1.165) is 11.5 Å². The molecule has 2 rings (SSSR count). The second-order valence-electron chi connectivity index (χ2n) is 4.39. The number of nitrogens with two attached hydrogens (primary N) is 1. The smallest absolute Gasteiger partial charge is 0.150 e. The number of aromatic nitrogens is 2. The zero-order valence-electron chi connectivity index (χ0n) is 10.8. The zero-order chi connectivity index (χ0) is 13.3. The standard InChI is InChI=1S/C13H17FN4/c1-9-12(15)13(18(3)16-9)17(2)8-10-6-4-5-7-11(10)14/h4-7H,8,15H2,1-3H3. The molecule has 96 valence electrons. The number of nitrogens with zero attached hydrogens (tertiary/aromatic N) is 3. The van der Waals surface area contributed by atoms with E-state index in [9.17, 15) is 4.39 Å². The maximum atomic E-state index is 13.6. The van der Waals surface area contributed by atoms with Gasteiger partial charge in [-0.3, -0.25) is 4.68 Å². The minimum Gasteiger partial charge on any atom is -0.394 e. The lowest BCUT2D eigenvalue weighted by molar-refractivity contribution is 0.605. The molecule has 1 aromatic carbocycles. The summed E-state index contributed by atoms with van der Waals surface area (Å²) in [5.74, 6) is 0.595. The quantitative estimate of drug-likeness (QED) is 0.904. The third kappa shape index (κ3) is 2.16. The molecule has 0 atom stereocenters. The van der Waals surface area contributed by atoms with Crippen LogP contribution in [0.5, 0.6) is 0 Å². The van der Waals surface area contributed by atoms with Crippen LogP contribution in [-0.4, -0.2) is 16.8 Å². The molecule has 1 heterocycles. The Hall–Kier alpha value is -2.04. The van der Waals surface area contributed by atoms with Gasteiger partial charge in [0.05, 0.1) is 11.4 Å². The molecule has 0 aliphatic carbocycles. The van der Waals surface area contributed by atoms with Gasteiger partial charge in [0.1, 0.15) is 11.6 Å². The molecule has 18 heavy (non-hydrogen) atoms. The van der Waals surface area contributed by atoms with Crippen LogP contribution in [0.25, 0.3) is 0 Å².